The van der Waals surface area contributed by atoms with Crippen molar-refractivity contribution in [2.24, 2.45) is 10.7 Å². The first kappa shape index (κ1) is 18.3. The molecular formula is C20H23ClN4O. The average Bonchev–Trinajstić information content (AvgIpc) is 2.68. The molecule has 1 heterocycles. The molecule has 2 N–H and O–H groups in total. The minimum Gasteiger partial charge on any atom is -0.386 e. The highest BCUT2D eigenvalue weighted by Crippen LogP contribution is 2.22. The Morgan fingerprint density at radius 1 is 1.08 bits per heavy atom. The fourth-order valence-electron chi connectivity index (χ4n) is 3.08. The Hall–Kier alpha value is -2.53. The van der Waals surface area contributed by atoms with Crippen molar-refractivity contribution in [3.05, 3.63) is 59.7 Å². The maximum atomic E-state index is 12.7. The van der Waals surface area contributed by atoms with Crippen LogP contribution in [0.25, 0.3) is 0 Å². The first-order chi connectivity index (χ1) is 12.6. The molecule has 0 radical (unpaired) electrons. The summed E-state index contributed by atoms with van der Waals surface area (Å²) in [7, 11) is 0. The maximum Gasteiger partial charge on any atom is 0.254 e. The number of aryl methyl sites for hydroxylation is 1. The predicted octanol–water partition coefficient (Wildman–Crippen LogP) is 3.18. The van der Waals surface area contributed by atoms with Crippen molar-refractivity contribution in [3.8, 4) is 0 Å². The molecule has 26 heavy (non-hydrogen) atoms. The number of piperazine rings is 1. The number of hydrogen-bond acceptors (Lipinski definition) is 3. The van der Waals surface area contributed by atoms with Crippen molar-refractivity contribution in [2.75, 3.05) is 37.0 Å². The molecule has 0 saturated carbocycles. The lowest BCUT2D eigenvalue weighted by Gasteiger charge is -2.36. The van der Waals surface area contributed by atoms with E-state index in [1.807, 2.05) is 60.4 Å². The Balaban J connectivity index is 1.62. The molecule has 0 spiro atoms. The lowest BCUT2D eigenvalue weighted by Crippen LogP contribution is -2.48. The van der Waals surface area contributed by atoms with Gasteiger partial charge >= 0.3 is 0 Å². The minimum absolute atomic E-state index is 0.115. The van der Waals surface area contributed by atoms with Crippen LogP contribution < -0.4 is 10.6 Å². The van der Waals surface area contributed by atoms with Crippen LogP contribution >= 0.6 is 11.6 Å². The van der Waals surface area contributed by atoms with Crippen LogP contribution in [0.3, 0.4) is 0 Å². The fraction of sp³-hybridized carbons (Fsp3) is 0.300. The number of carbonyl (C=O) groups is 1. The molecule has 1 aliphatic heterocycles. The van der Waals surface area contributed by atoms with Crippen LogP contribution in [0, 0.1) is 6.92 Å². The van der Waals surface area contributed by atoms with Gasteiger partial charge in [0.25, 0.3) is 5.91 Å². The molecular weight excluding hydrogens is 348 g/mol. The molecule has 2 aromatic rings. The molecule has 6 heteroatoms. The highest BCUT2D eigenvalue weighted by Gasteiger charge is 2.23. The van der Waals surface area contributed by atoms with E-state index in [4.69, 9.17) is 17.3 Å². The molecule has 1 fully saturated rings. The van der Waals surface area contributed by atoms with Crippen LogP contribution in [0.2, 0.25) is 0 Å². The number of benzene rings is 2. The Morgan fingerprint density at radius 2 is 1.73 bits per heavy atom. The highest BCUT2D eigenvalue weighted by molar-refractivity contribution is 6.28. The summed E-state index contributed by atoms with van der Waals surface area (Å²) in [5.41, 5.74) is 9.38. The number of anilines is 1. The molecule has 1 aliphatic rings. The van der Waals surface area contributed by atoms with Gasteiger partial charge in [0.15, 0.2) is 0 Å². The molecule has 3 rings (SSSR count). The molecule has 136 valence electrons. The van der Waals surface area contributed by atoms with Crippen molar-refractivity contribution in [2.45, 2.75) is 6.92 Å². The van der Waals surface area contributed by atoms with Crippen molar-refractivity contribution in [1.29, 1.82) is 0 Å². The van der Waals surface area contributed by atoms with Crippen molar-refractivity contribution < 1.29 is 4.79 Å². The summed E-state index contributed by atoms with van der Waals surface area (Å²) in [4.78, 5) is 21.1. The number of hydrogen-bond donors (Lipinski definition) is 1. The zero-order valence-corrected chi connectivity index (χ0v) is 15.6. The van der Waals surface area contributed by atoms with Crippen LogP contribution in [0.15, 0.2) is 53.5 Å². The van der Waals surface area contributed by atoms with E-state index < -0.39 is 0 Å². The zero-order valence-electron chi connectivity index (χ0n) is 14.9. The number of rotatable bonds is 4. The molecule has 1 amide bonds. The lowest BCUT2D eigenvalue weighted by atomic mass is 10.1. The second kappa shape index (κ2) is 8.23. The molecule has 1 saturated heterocycles. The van der Waals surface area contributed by atoms with Crippen LogP contribution in [0.1, 0.15) is 15.9 Å². The van der Waals surface area contributed by atoms with E-state index in [-0.39, 0.29) is 11.8 Å². The van der Waals surface area contributed by atoms with Gasteiger partial charge in [0.05, 0.1) is 11.6 Å². The third-order valence-electron chi connectivity index (χ3n) is 4.57. The first-order valence-electron chi connectivity index (χ1n) is 8.67. The van der Waals surface area contributed by atoms with Gasteiger partial charge in [-0.2, -0.15) is 0 Å². The molecule has 0 aromatic heterocycles. The summed E-state index contributed by atoms with van der Waals surface area (Å²) in [5.74, 6) is 0.741. The summed E-state index contributed by atoms with van der Waals surface area (Å²) in [6.07, 6.45) is 0. The predicted molar refractivity (Wildman–Crippen MR) is 108 cm³/mol. The van der Waals surface area contributed by atoms with E-state index >= 15 is 0 Å². The van der Waals surface area contributed by atoms with E-state index in [0.717, 1.165) is 35.6 Å². The minimum atomic E-state index is 0.115. The molecule has 0 aliphatic carbocycles. The van der Waals surface area contributed by atoms with Gasteiger partial charge < -0.3 is 15.5 Å². The molecule has 0 unspecified atom stereocenters. The van der Waals surface area contributed by atoms with Gasteiger partial charge in [-0.15, -0.1) is 11.6 Å². The standard InChI is InChI=1S/C20H23ClN4O/c1-15-4-2-3-5-18(15)20(26)25-12-10-24(11-13-25)17-8-6-16(7-9-17)23-19(22)14-21/h2-9H,10-14H2,1H3,(H2,22,23). The Morgan fingerprint density at radius 3 is 2.35 bits per heavy atom. The number of nitrogens with zero attached hydrogens (tertiary/aromatic N) is 3. The Kier molecular flexibility index (Phi) is 5.78. The van der Waals surface area contributed by atoms with E-state index in [0.29, 0.717) is 18.9 Å². The number of carbonyl (C=O) groups excluding carboxylic acids is 1. The van der Waals surface area contributed by atoms with Crippen molar-refractivity contribution in [3.63, 3.8) is 0 Å². The number of halogens is 1. The number of amides is 1. The summed E-state index contributed by atoms with van der Waals surface area (Å²) < 4.78 is 0. The summed E-state index contributed by atoms with van der Waals surface area (Å²) in [5, 5.41) is 0. The molecule has 5 nitrogen and oxygen atoms in total. The molecule has 0 atom stereocenters. The summed E-state index contributed by atoms with van der Waals surface area (Å²) >= 11 is 5.65. The van der Waals surface area contributed by atoms with Gasteiger partial charge in [0.2, 0.25) is 0 Å². The lowest BCUT2D eigenvalue weighted by molar-refractivity contribution is 0.0746. The third-order valence-corrected chi connectivity index (χ3v) is 4.84. The third kappa shape index (κ3) is 4.17. The largest absolute Gasteiger partial charge is 0.386 e. The monoisotopic (exact) mass is 370 g/mol. The fourth-order valence-corrected chi connectivity index (χ4v) is 3.14. The van der Waals surface area contributed by atoms with Gasteiger partial charge in [-0.25, -0.2) is 4.99 Å². The highest BCUT2D eigenvalue weighted by atomic mass is 35.5. The smallest absolute Gasteiger partial charge is 0.254 e. The van der Waals surface area contributed by atoms with Gasteiger partial charge in [-0.3, -0.25) is 4.79 Å². The normalized spacial score (nSPS) is 15.2. The summed E-state index contributed by atoms with van der Waals surface area (Å²) in [6, 6.07) is 15.7. The van der Waals surface area contributed by atoms with E-state index in [2.05, 4.69) is 9.89 Å². The van der Waals surface area contributed by atoms with Crippen LogP contribution in [0.4, 0.5) is 11.4 Å². The van der Waals surface area contributed by atoms with Gasteiger partial charge in [-0.1, -0.05) is 18.2 Å². The van der Waals surface area contributed by atoms with Crippen molar-refractivity contribution >= 4 is 34.7 Å². The van der Waals surface area contributed by atoms with Gasteiger partial charge in [0.1, 0.15) is 5.84 Å². The zero-order chi connectivity index (χ0) is 18.5. The molecule has 2 aromatic carbocycles. The second-order valence-electron chi connectivity index (χ2n) is 6.35. The van der Waals surface area contributed by atoms with Crippen LogP contribution in [-0.4, -0.2) is 48.7 Å². The van der Waals surface area contributed by atoms with E-state index in [9.17, 15) is 4.79 Å². The van der Waals surface area contributed by atoms with E-state index in [1.54, 1.807) is 0 Å². The van der Waals surface area contributed by atoms with Crippen molar-refractivity contribution in [1.82, 2.24) is 4.90 Å². The van der Waals surface area contributed by atoms with Gasteiger partial charge in [0, 0.05) is 37.4 Å². The summed E-state index contributed by atoms with van der Waals surface area (Å²) in [6.45, 7) is 5.02. The van der Waals surface area contributed by atoms with Crippen LogP contribution in [-0.2, 0) is 0 Å². The van der Waals surface area contributed by atoms with E-state index in [1.165, 1.54) is 0 Å². The number of alkyl halides is 1. The number of nitrogens with two attached hydrogens (primary N) is 1. The maximum absolute atomic E-state index is 12.7. The Labute approximate surface area is 159 Å². The number of aliphatic imine (C=N–C) groups is 1. The quantitative estimate of drug-likeness (QED) is 0.510. The topological polar surface area (TPSA) is 61.9 Å². The Bertz CT molecular complexity index is 796. The molecule has 0 bridgehead atoms. The SMILES string of the molecule is Cc1ccccc1C(=O)N1CCN(c2ccc(N=C(N)CCl)cc2)CC1. The van der Waals surface area contributed by atoms with Gasteiger partial charge in [-0.05, 0) is 42.8 Å². The van der Waals surface area contributed by atoms with Crippen LogP contribution in [0.5, 0.6) is 0 Å². The number of amidine groups is 1. The average molecular weight is 371 g/mol. The second-order valence-corrected chi connectivity index (χ2v) is 6.61. The first-order valence-corrected chi connectivity index (χ1v) is 9.21.